The Balaban J connectivity index is 1.27. The molecular formula is C19H29N5O. The topological polar surface area (TPSA) is 63.1 Å². The number of hydrogen-bond donors (Lipinski definition) is 1. The third-order valence-electron chi connectivity index (χ3n) is 6.90. The van der Waals surface area contributed by atoms with Crippen LogP contribution in [0.5, 0.6) is 0 Å². The van der Waals surface area contributed by atoms with Crippen LogP contribution in [0.25, 0.3) is 0 Å². The van der Waals surface area contributed by atoms with Crippen molar-refractivity contribution in [3.63, 3.8) is 0 Å². The average molecular weight is 343 g/mol. The lowest BCUT2D eigenvalue weighted by molar-refractivity contribution is -0.134. The molecule has 1 N–H and O–H groups in total. The molecule has 3 fully saturated rings. The summed E-state index contributed by atoms with van der Waals surface area (Å²) in [5.41, 5.74) is 0. The number of piperidine rings is 1. The number of likely N-dealkylation sites (tertiary alicyclic amines) is 1. The fourth-order valence-electron chi connectivity index (χ4n) is 5.59. The van der Waals surface area contributed by atoms with Gasteiger partial charge < -0.3 is 14.8 Å². The Morgan fingerprint density at radius 2 is 1.96 bits per heavy atom. The van der Waals surface area contributed by atoms with Gasteiger partial charge in [0.1, 0.15) is 11.6 Å². The zero-order chi connectivity index (χ0) is 16.8. The van der Waals surface area contributed by atoms with Gasteiger partial charge in [-0.1, -0.05) is 12.8 Å². The Kier molecular flexibility index (Phi) is 4.03. The minimum absolute atomic E-state index is 0.0518. The first-order chi connectivity index (χ1) is 12.3. The summed E-state index contributed by atoms with van der Waals surface area (Å²) in [7, 11) is 0. The highest BCUT2D eigenvalue weighted by Crippen LogP contribution is 2.35. The smallest absolute Gasteiger partial charge is 0.239 e. The molecule has 5 rings (SSSR count). The lowest BCUT2D eigenvalue weighted by Crippen LogP contribution is -2.48. The standard InChI is InChI=1S/C19H29N5O/c25-19(16-11-13-5-1-2-7-15(13)20-16)23-9-3-6-14(12-23)18-22-21-17-8-4-10-24(17)18/h13-16,20H,1-12H2. The number of nitrogens with zero attached hydrogens (tertiary/aromatic N) is 4. The van der Waals surface area contributed by atoms with Crippen LogP contribution >= 0.6 is 0 Å². The number of carbonyl (C=O) groups is 1. The SMILES string of the molecule is O=C(C1CC2CCCCC2N1)N1CCCC(c2nnc3n2CCC3)C1. The average Bonchev–Trinajstić information content (AvgIpc) is 3.35. The molecule has 1 amide bonds. The second-order valence-corrected chi connectivity index (χ2v) is 8.46. The quantitative estimate of drug-likeness (QED) is 0.890. The monoisotopic (exact) mass is 343 g/mol. The summed E-state index contributed by atoms with van der Waals surface area (Å²) in [4.78, 5) is 15.2. The van der Waals surface area contributed by atoms with Gasteiger partial charge in [0.15, 0.2) is 0 Å². The molecule has 2 saturated heterocycles. The van der Waals surface area contributed by atoms with Crippen molar-refractivity contribution in [1.82, 2.24) is 25.0 Å². The van der Waals surface area contributed by atoms with Gasteiger partial charge in [-0.2, -0.15) is 0 Å². The fraction of sp³-hybridized carbons (Fsp3) is 0.842. The highest BCUT2D eigenvalue weighted by Gasteiger charge is 2.41. The van der Waals surface area contributed by atoms with Crippen LogP contribution in [0.1, 0.15) is 68.9 Å². The van der Waals surface area contributed by atoms with Gasteiger partial charge in [-0.05, 0) is 44.4 Å². The maximum Gasteiger partial charge on any atom is 0.239 e. The highest BCUT2D eigenvalue weighted by molar-refractivity contribution is 5.82. The van der Waals surface area contributed by atoms with E-state index in [1.807, 2.05) is 0 Å². The van der Waals surface area contributed by atoms with E-state index in [0.29, 0.717) is 17.9 Å². The molecule has 25 heavy (non-hydrogen) atoms. The molecule has 1 aliphatic carbocycles. The summed E-state index contributed by atoms with van der Waals surface area (Å²) in [5, 5.41) is 12.5. The van der Waals surface area contributed by atoms with Crippen molar-refractivity contribution in [3.8, 4) is 0 Å². The number of hydrogen-bond acceptors (Lipinski definition) is 4. The summed E-state index contributed by atoms with van der Waals surface area (Å²) in [5.74, 6) is 3.68. The first-order valence-corrected chi connectivity index (χ1v) is 10.3. The number of amides is 1. The Morgan fingerprint density at radius 3 is 2.88 bits per heavy atom. The van der Waals surface area contributed by atoms with Crippen LogP contribution < -0.4 is 5.32 Å². The Bertz CT molecular complexity index is 642. The van der Waals surface area contributed by atoms with Crippen molar-refractivity contribution in [2.45, 2.75) is 82.3 Å². The van der Waals surface area contributed by atoms with Crippen molar-refractivity contribution < 1.29 is 4.79 Å². The van der Waals surface area contributed by atoms with Crippen molar-refractivity contribution in [1.29, 1.82) is 0 Å². The van der Waals surface area contributed by atoms with Gasteiger partial charge in [-0.15, -0.1) is 10.2 Å². The third-order valence-corrected chi connectivity index (χ3v) is 6.90. The van der Waals surface area contributed by atoms with Crippen LogP contribution in [0.3, 0.4) is 0 Å². The minimum atomic E-state index is 0.0518. The highest BCUT2D eigenvalue weighted by atomic mass is 16.2. The zero-order valence-electron chi connectivity index (χ0n) is 15.0. The molecule has 0 radical (unpaired) electrons. The molecule has 136 valence electrons. The van der Waals surface area contributed by atoms with E-state index in [9.17, 15) is 4.79 Å². The summed E-state index contributed by atoms with van der Waals surface area (Å²) in [6.45, 7) is 2.78. The summed E-state index contributed by atoms with van der Waals surface area (Å²) >= 11 is 0. The first kappa shape index (κ1) is 15.8. The molecule has 0 bridgehead atoms. The molecular weight excluding hydrogens is 314 g/mol. The van der Waals surface area contributed by atoms with E-state index < -0.39 is 0 Å². The number of fused-ring (bicyclic) bond motifs is 2. The van der Waals surface area contributed by atoms with Gasteiger partial charge >= 0.3 is 0 Å². The molecule has 4 aliphatic rings. The van der Waals surface area contributed by atoms with Crippen LogP contribution in [-0.4, -0.2) is 50.7 Å². The van der Waals surface area contributed by atoms with E-state index in [1.54, 1.807) is 0 Å². The zero-order valence-corrected chi connectivity index (χ0v) is 15.0. The molecule has 1 aromatic heterocycles. The van der Waals surface area contributed by atoms with Crippen molar-refractivity contribution in [2.24, 2.45) is 5.92 Å². The molecule has 6 nitrogen and oxygen atoms in total. The first-order valence-electron chi connectivity index (χ1n) is 10.3. The van der Waals surface area contributed by atoms with E-state index in [-0.39, 0.29) is 6.04 Å². The van der Waals surface area contributed by atoms with E-state index >= 15 is 0 Å². The van der Waals surface area contributed by atoms with Gasteiger partial charge in [0.05, 0.1) is 6.04 Å². The number of rotatable bonds is 2. The third kappa shape index (κ3) is 2.78. The van der Waals surface area contributed by atoms with E-state index in [4.69, 9.17) is 0 Å². The van der Waals surface area contributed by atoms with E-state index in [2.05, 4.69) is 25.0 Å². The summed E-state index contributed by atoms with van der Waals surface area (Å²) in [6, 6.07) is 0.638. The summed E-state index contributed by atoms with van der Waals surface area (Å²) in [6.07, 6.45) is 10.7. The van der Waals surface area contributed by atoms with Crippen LogP contribution in [-0.2, 0) is 17.8 Å². The van der Waals surface area contributed by atoms with Crippen LogP contribution in [0.4, 0.5) is 0 Å². The predicted molar refractivity (Wildman–Crippen MR) is 94.2 cm³/mol. The molecule has 6 heteroatoms. The van der Waals surface area contributed by atoms with Crippen molar-refractivity contribution in [2.75, 3.05) is 13.1 Å². The van der Waals surface area contributed by atoms with Crippen LogP contribution in [0.2, 0.25) is 0 Å². The van der Waals surface area contributed by atoms with Crippen molar-refractivity contribution >= 4 is 5.91 Å². The van der Waals surface area contributed by atoms with E-state index in [1.165, 1.54) is 32.1 Å². The molecule has 1 saturated carbocycles. The van der Waals surface area contributed by atoms with Crippen LogP contribution in [0.15, 0.2) is 0 Å². The van der Waals surface area contributed by atoms with Gasteiger partial charge in [-0.25, -0.2) is 0 Å². The number of aromatic nitrogens is 3. The number of nitrogens with one attached hydrogen (secondary N) is 1. The number of aryl methyl sites for hydroxylation is 1. The molecule has 4 unspecified atom stereocenters. The molecule has 0 spiro atoms. The lowest BCUT2D eigenvalue weighted by atomic mass is 9.85. The molecule has 3 aliphatic heterocycles. The molecule has 1 aromatic rings. The Morgan fingerprint density at radius 1 is 1.04 bits per heavy atom. The minimum Gasteiger partial charge on any atom is -0.341 e. The lowest BCUT2D eigenvalue weighted by Gasteiger charge is -2.34. The molecule has 4 heterocycles. The maximum atomic E-state index is 13.1. The van der Waals surface area contributed by atoms with E-state index in [0.717, 1.165) is 62.9 Å². The van der Waals surface area contributed by atoms with Gasteiger partial charge in [0, 0.05) is 38.0 Å². The van der Waals surface area contributed by atoms with Crippen LogP contribution in [0, 0.1) is 5.92 Å². The normalized spacial score (nSPS) is 34.8. The molecule has 0 aromatic carbocycles. The second-order valence-electron chi connectivity index (χ2n) is 8.46. The molecule has 4 atom stereocenters. The fourth-order valence-corrected chi connectivity index (χ4v) is 5.59. The Labute approximate surface area is 149 Å². The maximum absolute atomic E-state index is 13.1. The van der Waals surface area contributed by atoms with Gasteiger partial charge in [-0.3, -0.25) is 4.79 Å². The van der Waals surface area contributed by atoms with Gasteiger partial charge in [0.2, 0.25) is 5.91 Å². The number of carbonyl (C=O) groups excluding carboxylic acids is 1. The largest absolute Gasteiger partial charge is 0.341 e. The van der Waals surface area contributed by atoms with Gasteiger partial charge in [0.25, 0.3) is 0 Å². The second kappa shape index (κ2) is 6.38. The summed E-state index contributed by atoms with van der Waals surface area (Å²) < 4.78 is 2.31. The predicted octanol–water partition coefficient (Wildman–Crippen LogP) is 1.85. The van der Waals surface area contributed by atoms with Crippen molar-refractivity contribution in [3.05, 3.63) is 11.6 Å². The Hall–Kier alpha value is -1.43.